The van der Waals surface area contributed by atoms with Crippen LogP contribution in [-0.2, 0) is 6.61 Å². The third-order valence-corrected chi connectivity index (χ3v) is 4.16. The second-order valence-corrected chi connectivity index (χ2v) is 6.05. The Morgan fingerprint density at radius 2 is 1.75 bits per heavy atom. The van der Waals surface area contributed by atoms with Crippen LogP contribution in [0, 0.1) is 22.7 Å². The van der Waals surface area contributed by atoms with E-state index in [2.05, 4.69) is 12.1 Å². The quantitative estimate of drug-likeness (QED) is 0.444. The molecule has 0 bridgehead atoms. The summed E-state index contributed by atoms with van der Waals surface area (Å²) in [4.78, 5) is 0. The van der Waals surface area contributed by atoms with Gasteiger partial charge in [0.1, 0.15) is 6.61 Å². The Balaban J connectivity index is 1.85. The minimum atomic E-state index is 0.441. The summed E-state index contributed by atoms with van der Waals surface area (Å²) in [5.41, 5.74) is 3.56. The first-order valence-corrected chi connectivity index (χ1v) is 8.70. The average molecular weight is 366 g/mol. The summed E-state index contributed by atoms with van der Waals surface area (Å²) in [6, 6.07) is 26.7. The normalized spacial score (nSPS) is 10.6. The Morgan fingerprint density at radius 3 is 2.46 bits per heavy atom. The number of benzene rings is 3. The van der Waals surface area contributed by atoms with Gasteiger partial charge < -0.3 is 9.47 Å². The van der Waals surface area contributed by atoms with Crippen molar-refractivity contribution in [1.29, 1.82) is 10.5 Å². The molecule has 0 saturated carbocycles. The minimum absolute atomic E-state index is 0.441. The topological polar surface area (TPSA) is 66.0 Å². The van der Waals surface area contributed by atoms with Crippen LogP contribution in [0.4, 0.5) is 0 Å². The zero-order chi connectivity index (χ0) is 19.8. The summed E-state index contributed by atoms with van der Waals surface area (Å²) in [5, 5.41) is 18.6. The molecule has 0 aromatic heterocycles. The van der Waals surface area contributed by atoms with E-state index < -0.39 is 0 Å². The molecule has 0 aliphatic rings. The van der Waals surface area contributed by atoms with E-state index in [1.807, 2.05) is 54.6 Å². The highest BCUT2D eigenvalue weighted by molar-refractivity contribution is 5.90. The first kappa shape index (κ1) is 18.8. The van der Waals surface area contributed by atoms with E-state index in [1.54, 1.807) is 31.4 Å². The average Bonchev–Trinajstić information content (AvgIpc) is 2.77. The lowest BCUT2D eigenvalue weighted by Crippen LogP contribution is -1.97. The van der Waals surface area contributed by atoms with Crippen molar-refractivity contribution in [3.05, 3.63) is 95.1 Å². The fraction of sp³-hybridized carbons (Fsp3) is 0.0833. The zero-order valence-corrected chi connectivity index (χ0v) is 15.4. The molecule has 0 unspecified atom stereocenters. The van der Waals surface area contributed by atoms with Crippen molar-refractivity contribution in [2.75, 3.05) is 7.11 Å². The van der Waals surface area contributed by atoms with Crippen LogP contribution in [0.25, 0.3) is 11.6 Å². The Morgan fingerprint density at radius 1 is 0.929 bits per heavy atom. The highest BCUT2D eigenvalue weighted by Crippen LogP contribution is 2.30. The van der Waals surface area contributed by atoms with Crippen molar-refractivity contribution in [3.63, 3.8) is 0 Å². The number of rotatable bonds is 6. The maximum Gasteiger partial charge on any atom is 0.161 e. The second kappa shape index (κ2) is 9.07. The van der Waals surface area contributed by atoms with E-state index in [1.165, 1.54) is 0 Å². The summed E-state index contributed by atoms with van der Waals surface area (Å²) in [5.74, 6) is 1.22. The monoisotopic (exact) mass is 366 g/mol. The summed E-state index contributed by atoms with van der Waals surface area (Å²) < 4.78 is 11.3. The fourth-order valence-electron chi connectivity index (χ4n) is 2.73. The third kappa shape index (κ3) is 4.58. The van der Waals surface area contributed by atoms with Crippen molar-refractivity contribution in [1.82, 2.24) is 0 Å². The predicted molar refractivity (Wildman–Crippen MR) is 108 cm³/mol. The second-order valence-electron chi connectivity index (χ2n) is 6.05. The number of methoxy groups -OCH3 is 1. The smallest absolute Gasteiger partial charge is 0.161 e. The van der Waals surface area contributed by atoms with Gasteiger partial charge in [0.05, 0.1) is 30.4 Å². The third-order valence-electron chi connectivity index (χ3n) is 4.16. The molecule has 3 rings (SSSR count). The molecule has 0 heterocycles. The van der Waals surface area contributed by atoms with Gasteiger partial charge in [-0.15, -0.1) is 0 Å². The first-order valence-electron chi connectivity index (χ1n) is 8.70. The van der Waals surface area contributed by atoms with E-state index >= 15 is 0 Å². The van der Waals surface area contributed by atoms with Crippen molar-refractivity contribution in [3.8, 4) is 23.6 Å². The Bertz CT molecular complexity index is 1070. The number of ether oxygens (including phenoxy) is 2. The van der Waals surface area contributed by atoms with Crippen LogP contribution in [0.2, 0.25) is 0 Å². The SMILES string of the molecule is COc1cc(C=C(C#N)c2cccc(C#N)c2)ccc1OCc1ccccc1. The van der Waals surface area contributed by atoms with Gasteiger partial charge in [-0.25, -0.2) is 0 Å². The number of nitriles is 2. The van der Waals surface area contributed by atoms with Crippen molar-refractivity contribution >= 4 is 11.6 Å². The van der Waals surface area contributed by atoms with Crippen molar-refractivity contribution in [2.45, 2.75) is 6.61 Å². The molecule has 0 N–H and O–H groups in total. The molecular formula is C24H18N2O2. The number of hydrogen-bond donors (Lipinski definition) is 0. The Labute approximate surface area is 164 Å². The molecule has 28 heavy (non-hydrogen) atoms. The van der Waals surface area contributed by atoms with E-state index in [-0.39, 0.29) is 0 Å². The lowest BCUT2D eigenvalue weighted by atomic mass is 10.0. The molecule has 0 saturated heterocycles. The van der Waals surface area contributed by atoms with Gasteiger partial charge >= 0.3 is 0 Å². The van der Waals surface area contributed by atoms with Crippen LogP contribution in [0.1, 0.15) is 22.3 Å². The highest BCUT2D eigenvalue weighted by atomic mass is 16.5. The Hall–Kier alpha value is -4.02. The molecule has 0 amide bonds. The first-order chi connectivity index (χ1) is 13.7. The summed E-state index contributed by atoms with van der Waals surface area (Å²) in [6.45, 7) is 0.441. The van der Waals surface area contributed by atoms with Gasteiger partial charge in [0, 0.05) is 0 Å². The van der Waals surface area contributed by atoms with E-state index in [4.69, 9.17) is 14.7 Å². The molecule has 136 valence electrons. The van der Waals surface area contributed by atoms with Gasteiger partial charge in [-0.3, -0.25) is 0 Å². The highest BCUT2D eigenvalue weighted by Gasteiger charge is 2.08. The molecule has 0 radical (unpaired) electrons. The standard InChI is InChI=1S/C24H18N2O2/c1-27-24-14-19(10-11-23(24)28-17-18-6-3-2-4-7-18)12-22(16-26)21-9-5-8-20(13-21)15-25/h2-14H,17H2,1H3. The van der Waals surface area contributed by atoms with Gasteiger partial charge in [0.15, 0.2) is 11.5 Å². The molecular weight excluding hydrogens is 348 g/mol. The van der Waals surface area contributed by atoms with Crippen molar-refractivity contribution in [2.24, 2.45) is 0 Å². The van der Waals surface area contributed by atoms with E-state index in [0.717, 1.165) is 11.1 Å². The van der Waals surface area contributed by atoms with Crippen LogP contribution in [-0.4, -0.2) is 7.11 Å². The van der Waals surface area contributed by atoms with E-state index in [0.29, 0.717) is 34.8 Å². The molecule has 4 heteroatoms. The van der Waals surface area contributed by atoms with Gasteiger partial charge in [-0.05, 0) is 47.0 Å². The summed E-state index contributed by atoms with van der Waals surface area (Å²) in [6.07, 6.45) is 1.76. The zero-order valence-electron chi connectivity index (χ0n) is 15.4. The van der Waals surface area contributed by atoms with Crippen LogP contribution in [0.5, 0.6) is 11.5 Å². The lowest BCUT2D eigenvalue weighted by molar-refractivity contribution is 0.284. The van der Waals surface area contributed by atoms with Gasteiger partial charge in [0.25, 0.3) is 0 Å². The fourth-order valence-corrected chi connectivity index (χ4v) is 2.73. The lowest BCUT2D eigenvalue weighted by Gasteiger charge is -2.11. The molecule has 4 nitrogen and oxygen atoms in total. The number of allylic oxidation sites excluding steroid dienone is 1. The number of hydrogen-bond acceptors (Lipinski definition) is 4. The molecule has 0 spiro atoms. The van der Waals surface area contributed by atoms with Crippen LogP contribution in [0.3, 0.4) is 0 Å². The maximum atomic E-state index is 9.54. The molecule has 0 fully saturated rings. The van der Waals surface area contributed by atoms with Gasteiger partial charge in [-0.1, -0.05) is 48.5 Å². The minimum Gasteiger partial charge on any atom is -0.493 e. The molecule has 0 aliphatic carbocycles. The predicted octanol–water partition coefficient (Wildman–Crippen LogP) is 5.21. The van der Waals surface area contributed by atoms with Crippen LogP contribution >= 0.6 is 0 Å². The van der Waals surface area contributed by atoms with Gasteiger partial charge in [0.2, 0.25) is 0 Å². The molecule has 3 aromatic carbocycles. The molecule has 3 aromatic rings. The van der Waals surface area contributed by atoms with Gasteiger partial charge in [-0.2, -0.15) is 10.5 Å². The summed E-state index contributed by atoms with van der Waals surface area (Å²) >= 11 is 0. The van der Waals surface area contributed by atoms with Crippen LogP contribution < -0.4 is 9.47 Å². The Kier molecular flexibility index (Phi) is 6.08. The van der Waals surface area contributed by atoms with Crippen molar-refractivity contribution < 1.29 is 9.47 Å². The van der Waals surface area contributed by atoms with E-state index in [9.17, 15) is 5.26 Å². The summed E-state index contributed by atoms with van der Waals surface area (Å²) in [7, 11) is 1.58. The maximum absolute atomic E-state index is 9.54. The molecule has 0 atom stereocenters. The number of nitrogens with zero attached hydrogens (tertiary/aromatic N) is 2. The molecule has 0 aliphatic heterocycles. The largest absolute Gasteiger partial charge is 0.493 e. The van der Waals surface area contributed by atoms with Crippen LogP contribution in [0.15, 0.2) is 72.8 Å².